The number of rotatable bonds is 2. The van der Waals surface area contributed by atoms with Crippen LogP contribution in [0.5, 0.6) is 5.75 Å². The van der Waals surface area contributed by atoms with Gasteiger partial charge in [0.05, 0.1) is 18.1 Å². The van der Waals surface area contributed by atoms with Crippen LogP contribution in [0.4, 0.5) is 0 Å². The zero-order chi connectivity index (χ0) is 10.7. The molecular formula is C10H9NO3. The number of carbonyl (C=O) groups is 1. The molecule has 4 heteroatoms. The van der Waals surface area contributed by atoms with E-state index in [4.69, 9.17) is 10.4 Å². The molecule has 0 radical (unpaired) electrons. The van der Waals surface area contributed by atoms with Gasteiger partial charge in [-0.05, 0) is 30.2 Å². The summed E-state index contributed by atoms with van der Waals surface area (Å²) in [5.74, 6) is -1.01. The molecule has 0 spiro atoms. The van der Waals surface area contributed by atoms with Gasteiger partial charge in [-0.25, -0.2) is 0 Å². The molecule has 0 saturated heterocycles. The number of nitrogens with zero attached hydrogens (tertiary/aromatic N) is 1. The summed E-state index contributed by atoms with van der Waals surface area (Å²) in [7, 11) is 0. The van der Waals surface area contributed by atoms with Gasteiger partial charge in [0.2, 0.25) is 0 Å². The lowest BCUT2D eigenvalue weighted by Crippen LogP contribution is -2.04. The molecule has 0 aliphatic heterocycles. The van der Waals surface area contributed by atoms with E-state index >= 15 is 0 Å². The van der Waals surface area contributed by atoms with E-state index in [9.17, 15) is 9.90 Å². The SMILES string of the molecule is Cc1cc(O)cc(C#N)c1CC(=O)O. The standard InChI is InChI=1S/C10H9NO3/c1-6-2-8(12)3-7(5-11)9(6)4-10(13)14/h2-3,12H,4H2,1H3,(H,13,14). The lowest BCUT2D eigenvalue weighted by Gasteiger charge is -2.05. The van der Waals surface area contributed by atoms with E-state index in [0.29, 0.717) is 11.1 Å². The Morgan fingerprint density at radius 3 is 2.71 bits per heavy atom. The second-order valence-corrected chi connectivity index (χ2v) is 2.97. The van der Waals surface area contributed by atoms with E-state index in [-0.39, 0.29) is 17.7 Å². The molecule has 0 atom stereocenters. The van der Waals surface area contributed by atoms with E-state index < -0.39 is 5.97 Å². The second kappa shape index (κ2) is 3.79. The molecule has 0 bridgehead atoms. The summed E-state index contributed by atoms with van der Waals surface area (Å²) in [6.45, 7) is 1.67. The van der Waals surface area contributed by atoms with E-state index in [1.165, 1.54) is 12.1 Å². The monoisotopic (exact) mass is 191 g/mol. The molecule has 2 N–H and O–H groups in total. The minimum Gasteiger partial charge on any atom is -0.508 e. The number of phenolic OH excluding ortho intramolecular Hbond substituents is 1. The third-order valence-electron chi connectivity index (χ3n) is 1.91. The number of benzene rings is 1. The molecule has 0 aliphatic rings. The van der Waals surface area contributed by atoms with Crippen molar-refractivity contribution in [1.29, 1.82) is 5.26 Å². The molecule has 4 nitrogen and oxygen atoms in total. The molecular weight excluding hydrogens is 182 g/mol. The predicted molar refractivity (Wildman–Crippen MR) is 48.9 cm³/mol. The number of hydrogen-bond acceptors (Lipinski definition) is 3. The smallest absolute Gasteiger partial charge is 0.307 e. The Morgan fingerprint density at radius 2 is 2.21 bits per heavy atom. The molecule has 0 amide bonds. The van der Waals surface area contributed by atoms with E-state index in [1.54, 1.807) is 6.92 Å². The van der Waals surface area contributed by atoms with Crippen molar-refractivity contribution in [3.63, 3.8) is 0 Å². The third kappa shape index (κ3) is 2.02. The summed E-state index contributed by atoms with van der Waals surface area (Å²) in [6, 6.07) is 4.57. The van der Waals surface area contributed by atoms with Gasteiger partial charge < -0.3 is 10.2 Å². The van der Waals surface area contributed by atoms with Gasteiger partial charge in [0, 0.05) is 0 Å². The Bertz CT molecular complexity index is 418. The Morgan fingerprint density at radius 1 is 1.57 bits per heavy atom. The van der Waals surface area contributed by atoms with Gasteiger partial charge in [-0.3, -0.25) is 4.79 Å². The zero-order valence-corrected chi connectivity index (χ0v) is 7.61. The first-order chi connectivity index (χ1) is 6.54. The normalized spacial score (nSPS) is 9.43. The molecule has 1 aromatic rings. The van der Waals surface area contributed by atoms with Crippen LogP contribution in [0.25, 0.3) is 0 Å². The Hall–Kier alpha value is -2.02. The highest BCUT2D eigenvalue weighted by molar-refractivity contribution is 5.72. The van der Waals surface area contributed by atoms with Crippen LogP contribution in [-0.2, 0) is 11.2 Å². The molecule has 14 heavy (non-hydrogen) atoms. The summed E-state index contributed by atoms with van der Waals surface area (Å²) in [5.41, 5.74) is 1.28. The van der Waals surface area contributed by atoms with Crippen molar-refractivity contribution in [2.24, 2.45) is 0 Å². The number of hydrogen-bond donors (Lipinski definition) is 2. The average molecular weight is 191 g/mol. The van der Waals surface area contributed by atoms with E-state index in [1.807, 2.05) is 6.07 Å². The second-order valence-electron chi connectivity index (χ2n) is 2.97. The van der Waals surface area contributed by atoms with Crippen molar-refractivity contribution in [2.75, 3.05) is 0 Å². The number of aromatic hydroxyl groups is 1. The van der Waals surface area contributed by atoms with Gasteiger partial charge in [0.1, 0.15) is 5.75 Å². The fourth-order valence-corrected chi connectivity index (χ4v) is 1.28. The first-order valence-electron chi connectivity index (χ1n) is 3.99. The van der Waals surface area contributed by atoms with E-state index in [2.05, 4.69) is 0 Å². The third-order valence-corrected chi connectivity index (χ3v) is 1.91. The quantitative estimate of drug-likeness (QED) is 0.735. The van der Waals surface area contributed by atoms with Crippen molar-refractivity contribution >= 4 is 5.97 Å². The number of aryl methyl sites for hydroxylation is 1. The van der Waals surface area contributed by atoms with Crippen LogP contribution in [0.3, 0.4) is 0 Å². The van der Waals surface area contributed by atoms with Crippen LogP contribution < -0.4 is 0 Å². The lowest BCUT2D eigenvalue weighted by molar-refractivity contribution is -0.136. The maximum absolute atomic E-state index is 10.5. The summed E-state index contributed by atoms with van der Waals surface area (Å²) in [5, 5.41) is 26.5. The fourth-order valence-electron chi connectivity index (χ4n) is 1.28. The highest BCUT2D eigenvalue weighted by Crippen LogP contribution is 2.21. The van der Waals surface area contributed by atoms with Gasteiger partial charge in [0.25, 0.3) is 0 Å². The van der Waals surface area contributed by atoms with Crippen LogP contribution in [0.15, 0.2) is 12.1 Å². The van der Waals surface area contributed by atoms with Crippen LogP contribution in [0.1, 0.15) is 16.7 Å². The highest BCUT2D eigenvalue weighted by Gasteiger charge is 2.10. The van der Waals surface area contributed by atoms with Crippen molar-refractivity contribution in [3.8, 4) is 11.8 Å². The number of aliphatic carboxylic acids is 1. The predicted octanol–water partition coefficient (Wildman–Crippen LogP) is 1.20. The van der Waals surface area contributed by atoms with Gasteiger partial charge >= 0.3 is 5.97 Å². The van der Waals surface area contributed by atoms with Crippen LogP contribution in [0.2, 0.25) is 0 Å². The van der Waals surface area contributed by atoms with Gasteiger partial charge in [-0.15, -0.1) is 0 Å². The minimum atomic E-state index is -0.990. The fraction of sp³-hybridized carbons (Fsp3) is 0.200. The summed E-state index contributed by atoms with van der Waals surface area (Å²) in [4.78, 5) is 10.5. The zero-order valence-electron chi connectivity index (χ0n) is 7.61. The summed E-state index contributed by atoms with van der Waals surface area (Å²) >= 11 is 0. The summed E-state index contributed by atoms with van der Waals surface area (Å²) in [6.07, 6.45) is -0.199. The van der Waals surface area contributed by atoms with Crippen LogP contribution in [-0.4, -0.2) is 16.2 Å². The largest absolute Gasteiger partial charge is 0.508 e. The Kier molecular flexibility index (Phi) is 2.73. The molecule has 0 saturated carbocycles. The first kappa shape index (κ1) is 10.1. The molecule has 1 aromatic carbocycles. The first-order valence-corrected chi connectivity index (χ1v) is 3.99. The Labute approximate surface area is 81.0 Å². The molecule has 0 unspecified atom stereocenters. The van der Waals surface area contributed by atoms with Crippen molar-refractivity contribution in [3.05, 3.63) is 28.8 Å². The molecule has 0 aromatic heterocycles. The van der Waals surface area contributed by atoms with Crippen LogP contribution >= 0.6 is 0 Å². The molecule has 0 fully saturated rings. The van der Waals surface area contributed by atoms with Crippen molar-refractivity contribution < 1.29 is 15.0 Å². The van der Waals surface area contributed by atoms with Crippen molar-refractivity contribution in [1.82, 2.24) is 0 Å². The number of phenols is 1. The number of carboxylic acids is 1. The van der Waals surface area contributed by atoms with Crippen molar-refractivity contribution in [2.45, 2.75) is 13.3 Å². The molecule has 1 rings (SSSR count). The topological polar surface area (TPSA) is 81.3 Å². The maximum atomic E-state index is 10.5. The highest BCUT2D eigenvalue weighted by atomic mass is 16.4. The summed E-state index contributed by atoms with van der Waals surface area (Å²) < 4.78 is 0. The molecule has 0 heterocycles. The molecule has 0 aliphatic carbocycles. The average Bonchev–Trinajstić information content (AvgIpc) is 2.08. The van der Waals surface area contributed by atoms with Crippen LogP contribution in [0, 0.1) is 18.3 Å². The van der Waals surface area contributed by atoms with Gasteiger partial charge in [-0.1, -0.05) is 0 Å². The lowest BCUT2D eigenvalue weighted by atomic mass is 9.99. The molecule has 72 valence electrons. The Balaban J connectivity index is 3.27. The van der Waals surface area contributed by atoms with Gasteiger partial charge in [-0.2, -0.15) is 5.26 Å². The van der Waals surface area contributed by atoms with E-state index in [0.717, 1.165) is 0 Å². The maximum Gasteiger partial charge on any atom is 0.307 e. The number of nitriles is 1. The van der Waals surface area contributed by atoms with Gasteiger partial charge in [0.15, 0.2) is 0 Å². The number of carboxylic acid groups (broad SMARTS) is 1. The minimum absolute atomic E-state index is 0.0202.